The second-order valence-electron chi connectivity index (χ2n) is 7.00. The summed E-state index contributed by atoms with van der Waals surface area (Å²) in [6, 6.07) is 3.44. The summed E-state index contributed by atoms with van der Waals surface area (Å²) in [4.78, 5) is 36.9. The van der Waals surface area contributed by atoms with Crippen LogP contribution >= 0.6 is 0 Å². The number of aromatic nitrogens is 2. The van der Waals surface area contributed by atoms with Gasteiger partial charge in [0, 0.05) is 13.2 Å². The first kappa shape index (κ1) is 18.2. The number of fused-ring (bicyclic) bond motifs is 2. The van der Waals surface area contributed by atoms with Gasteiger partial charge in [-0.2, -0.15) is 5.10 Å². The van der Waals surface area contributed by atoms with E-state index in [1.165, 1.54) is 17.1 Å². The summed E-state index contributed by atoms with van der Waals surface area (Å²) in [7, 11) is 1.62. The SMILES string of the molecule is Cn1cc(NC(=O)[C@H]2[C@H](C(=O)O)[C@H]3CC[C@H]2O3)c(C(=O)NCc2ccco2)n1. The molecule has 0 unspecified atom stereocenters. The van der Waals surface area contributed by atoms with Crippen molar-refractivity contribution in [2.24, 2.45) is 18.9 Å². The van der Waals surface area contributed by atoms with Crippen molar-refractivity contribution in [1.29, 1.82) is 0 Å². The van der Waals surface area contributed by atoms with Gasteiger partial charge in [-0.05, 0) is 25.0 Å². The molecule has 0 radical (unpaired) electrons. The molecular weight excluding hydrogens is 368 g/mol. The van der Waals surface area contributed by atoms with Crippen molar-refractivity contribution in [2.45, 2.75) is 31.6 Å². The van der Waals surface area contributed by atoms with Crippen LogP contribution in [-0.4, -0.2) is 44.9 Å². The fraction of sp³-hybridized carbons (Fsp3) is 0.444. The second kappa shape index (κ2) is 7.12. The third-order valence-corrected chi connectivity index (χ3v) is 5.17. The number of aliphatic carboxylic acids is 1. The van der Waals surface area contributed by atoms with E-state index in [1.807, 2.05) is 0 Å². The fourth-order valence-corrected chi connectivity index (χ4v) is 3.95. The molecule has 10 heteroatoms. The van der Waals surface area contributed by atoms with Gasteiger partial charge in [0.25, 0.3) is 5.91 Å². The molecular formula is C18H20N4O6. The average Bonchev–Trinajstić information content (AvgIpc) is 3.43. The largest absolute Gasteiger partial charge is 0.481 e. The lowest BCUT2D eigenvalue weighted by Crippen LogP contribution is -2.41. The van der Waals surface area contributed by atoms with Gasteiger partial charge in [-0.3, -0.25) is 19.1 Å². The Bertz CT molecular complexity index is 905. The number of carbonyl (C=O) groups excluding carboxylic acids is 2. The van der Waals surface area contributed by atoms with Crippen LogP contribution in [0.15, 0.2) is 29.0 Å². The molecule has 2 bridgehead atoms. The van der Waals surface area contributed by atoms with E-state index < -0.39 is 41.8 Å². The number of rotatable bonds is 6. The Morgan fingerprint density at radius 2 is 2.04 bits per heavy atom. The number of carboxylic acids is 1. The van der Waals surface area contributed by atoms with Crippen molar-refractivity contribution in [2.75, 3.05) is 5.32 Å². The Hall–Kier alpha value is -3.14. The number of aryl methyl sites for hydroxylation is 1. The number of nitrogens with one attached hydrogen (secondary N) is 2. The maximum absolute atomic E-state index is 12.8. The highest BCUT2D eigenvalue weighted by Gasteiger charge is 2.55. The maximum Gasteiger partial charge on any atom is 0.310 e. The van der Waals surface area contributed by atoms with Crippen molar-refractivity contribution < 1.29 is 28.6 Å². The molecule has 4 atom stereocenters. The summed E-state index contributed by atoms with van der Waals surface area (Å²) in [5.74, 6) is -3.10. The predicted molar refractivity (Wildman–Crippen MR) is 94.2 cm³/mol. The standard InChI is InChI=1S/C18H20N4O6/c1-22-8-10(15(21-22)17(24)19-7-9-3-2-6-27-9)20-16(23)13-11-4-5-12(28-11)14(13)18(25)26/h2-3,6,8,11-14H,4-5,7H2,1H3,(H,19,24)(H,20,23)(H,25,26)/t11-,12-,13-,14-/m1/s1. The molecule has 0 spiro atoms. The van der Waals surface area contributed by atoms with E-state index in [2.05, 4.69) is 15.7 Å². The van der Waals surface area contributed by atoms with Crippen LogP contribution in [0.4, 0.5) is 5.69 Å². The van der Waals surface area contributed by atoms with Gasteiger partial charge in [0.1, 0.15) is 5.76 Å². The van der Waals surface area contributed by atoms with Crippen LogP contribution in [0.5, 0.6) is 0 Å². The summed E-state index contributed by atoms with van der Waals surface area (Å²) in [6.45, 7) is 0.178. The Morgan fingerprint density at radius 3 is 2.71 bits per heavy atom. The molecule has 28 heavy (non-hydrogen) atoms. The third-order valence-electron chi connectivity index (χ3n) is 5.17. The molecule has 2 saturated heterocycles. The van der Waals surface area contributed by atoms with Gasteiger partial charge in [0.15, 0.2) is 5.69 Å². The number of hydrogen-bond donors (Lipinski definition) is 3. The predicted octanol–water partition coefficient (Wildman–Crippen LogP) is 0.760. The van der Waals surface area contributed by atoms with Crippen LogP contribution in [-0.2, 0) is 27.9 Å². The highest BCUT2D eigenvalue weighted by molar-refractivity contribution is 6.03. The fourth-order valence-electron chi connectivity index (χ4n) is 3.95. The van der Waals surface area contributed by atoms with Gasteiger partial charge in [-0.1, -0.05) is 0 Å². The molecule has 2 aliphatic rings. The monoisotopic (exact) mass is 388 g/mol. The van der Waals surface area contributed by atoms with Crippen molar-refractivity contribution in [3.8, 4) is 0 Å². The Balaban J connectivity index is 1.48. The number of nitrogens with zero attached hydrogens (tertiary/aromatic N) is 2. The van der Waals surface area contributed by atoms with Gasteiger partial charge in [0.2, 0.25) is 5.91 Å². The molecule has 4 heterocycles. The molecule has 0 aliphatic carbocycles. The number of furan rings is 1. The van der Waals surface area contributed by atoms with Gasteiger partial charge in [-0.15, -0.1) is 0 Å². The normalized spacial score (nSPS) is 25.6. The van der Waals surface area contributed by atoms with Crippen LogP contribution < -0.4 is 10.6 Å². The quantitative estimate of drug-likeness (QED) is 0.665. The maximum atomic E-state index is 12.8. The summed E-state index contributed by atoms with van der Waals surface area (Å²) < 4.78 is 12.2. The molecule has 0 saturated carbocycles. The first-order valence-electron chi connectivity index (χ1n) is 8.97. The number of anilines is 1. The van der Waals surface area contributed by atoms with E-state index in [0.29, 0.717) is 18.6 Å². The zero-order valence-corrected chi connectivity index (χ0v) is 15.1. The van der Waals surface area contributed by atoms with Gasteiger partial charge in [-0.25, -0.2) is 0 Å². The molecule has 3 N–H and O–H groups in total. The van der Waals surface area contributed by atoms with Crippen LogP contribution in [0.3, 0.4) is 0 Å². The minimum absolute atomic E-state index is 0.0401. The van der Waals surface area contributed by atoms with Gasteiger partial charge < -0.3 is 24.9 Å². The zero-order valence-electron chi connectivity index (χ0n) is 15.1. The van der Waals surface area contributed by atoms with Gasteiger partial charge >= 0.3 is 5.97 Å². The molecule has 0 aromatic carbocycles. The Kier molecular flexibility index (Phi) is 4.63. The van der Waals surface area contributed by atoms with Crippen molar-refractivity contribution >= 4 is 23.5 Å². The number of ether oxygens (including phenoxy) is 1. The van der Waals surface area contributed by atoms with E-state index >= 15 is 0 Å². The first-order chi connectivity index (χ1) is 13.4. The summed E-state index contributed by atoms with van der Waals surface area (Å²) in [5.41, 5.74) is 0.259. The lowest BCUT2D eigenvalue weighted by molar-refractivity contribution is -0.147. The summed E-state index contributed by atoms with van der Waals surface area (Å²) in [6.07, 6.45) is 3.44. The second-order valence-corrected chi connectivity index (χ2v) is 7.00. The third kappa shape index (κ3) is 3.26. The van der Waals surface area contributed by atoms with Crippen LogP contribution in [0.1, 0.15) is 29.1 Å². The molecule has 10 nitrogen and oxygen atoms in total. The molecule has 2 fully saturated rings. The van der Waals surface area contributed by atoms with Crippen molar-refractivity contribution in [3.63, 3.8) is 0 Å². The molecule has 2 amide bonds. The van der Waals surface area contributed by atoms with E-state index in [4.69, 9.17) is 9.15 Å². The number of carboxylic acid groups (broad SMARTS) is 1. The zero-order chi connectivity index (χ0) is 19.8. The number of hydrogen-bond acceptors (Lipinski definition) is 6. The van der Waals surface area contributed by atoms with Crippen LogP contribution in [0.2, 0.25) is 0 Å². The van der Waals surface area contributed by atoms with Gasteiger partial charge in [0.05, 0.1) is 42.5 Å². The van der Waals surface area contributed by atoms with Crippen molar-refractivity contribution in [1.82, 2.24) is 15.1 Å². The highest BCUT2D eigenvalue weighted by Crippen LogP contribution is 2.44. The molecule has 2 aromatic heterocycles. The van der Waals surface area contributed by atoms with E-state index in [9.17, 15) is 19.5 Å². The first-order valence-corrected chi connectivity index (χ1v) is 8.97. The minimum Gasteiger partial charge on any atom is -0.481 e. The number of amides is 2. The van der Waals surface area contributed by atoms with E-state index in [-0.39, 0.29) is 17.9 Å². The summed E-state index contributed by atoms with van der Waals surface area (Å²) in [5, 5.41) is 18.9. The molecule has 2 aliphatic heterocycles. The Morgan fingerprint density at radius 1 is 1.29 bits per heavy atom. The van der Waals surface area contributed by atoms with Crippen molar-refractivity contribution in [3.05, 3.63) is 36.0 Å². The average molecular weight is 388 g/mol. The molecule has 4 rings (SSSR count). The Labute approximate surface area is 159 Å². The smallest absolute Gasteiger partial charge is 0.310 e. The lowest BCUT2D eigenvalue weighted by atomic mass is 9.78. The molecule has 148 valence electrons. The van der Waals surface area contributed by atoms with E-state index in [1.54, 1.807) is 19.2 Å². The highest BCUT2D eigenvalue weighted by atomic mass is 16.5. The molecule has 2 aromatic rings. The lowest BCUT2D eigenvalue weighted by Gasteiger charge is -2.23. The minimum atomic E-state index is -1.05. The summed E-state index contributed by atoms with van der Waals surface area (Å²) >= 11 is 0. The van der Waals surface area contributed by atoms with Crippen LogP contribution in [0, 0.1) is 11.8 Å². The topological polar surface area (TPSA) is 136 Å². The van der Waals surface area contributed by atoms with E-state index in [0.717, 1.165) is 0 Å². The van der Waals surface area contributed by atoms with Crippen LogP contribution in [0.25, 0.3) is 0 Å². The number of carbonyl (C=O) groups is 3.